The third-order valence-electron chi connectivity index (χ3n) is 3.70. The Hall–Kier alpha value is -2.69. The van der Waals surface area contributed by atoms with E-state index in [-0.39, 0.29) is 18.4 Å². The van der Waals surface area contributed by atoms with Gasteiger partial charge in [-0.3, -0.25) is 4.79 Å². The molecule has 3 rings (SSSR count). The van der Waals surface area contributed by atoms with E-state index >= 15 is 0 Å². The third kappa shape index (κ3) is 4.66. The second kappa shape index (κ2) is 7.92. The maximum Gasteiger partial charge on any atom is 0.228 e. The number of amides is 1. The Kier molecular flexibility index (Phi) is 5.43. The molecule has 0 unspecified atom stereocenters. The minimum Gasteiger partial charge on any atom is -0.490 e. The van der Waals surface area contributed by atoms with Gasteiger partial charge in [0.05, 0.1) is 31.4 Å². The molecule has 1 aliphatic rings. The summed E-state index contributed by atoms with van der Waals surface area (Å²) >= 11 is 0. The third-order valence-corrected chi connectivity index (χ3v) is 3.70. The highest BCUT2D eigenvalue weighted by Crippen LogP contribution is 2.31. The molecule has 5 heteroatoms. The predicted molar refractivity (Wildman–Crippen MR) is 96.6 cm³/mol. The van der Waals surface area contributed by atoms with E-state index in [2.05, 4.69) is 5.32 Å². The molecule has 1 aliphatic heterocycles. The zero-order valence-corrected chi connectivity index (χ0v) is 14.6. The van der Waals surface area contributed by atoms with Crippen molar-refractivity contribution in [2.24, 2.45) is 0 Å². The molecule has 0 saturated carbocycles. The van der Waals surface area contributed by atoms with Crippen LogP contribution in [-0.4, -0.2) is 25.2 Å². The van der Waals surface area contributed by atoms with Gasteiger partial charge in [0.2, 0.25) is 5.91 Å². The number of hydrogen-bond donors (Lipinski definition) is 1. The monoisotopic (exact) mass is 341 g/mol. The molecule has 0 radical (unpaired) electrons. The van der Waals surface area contributed by atoms with Crippen LogP contribution in [0.2, 0.25) is 0 Å². The molecule has 2 aromatic rings. The Morgan fingerprint density at radius 1 is 1.12 bits per heavy atom. The smallest absolute Gasteiger partial charge is 0.228 e. The van der Waals surface area contributed by atoms with E-state index in [1.54, 1.807) is 0 Å². The van der Waals surface area contributed by atoms with Crippen molar-refractivity contribution < 1.29 is 19.0 Å². The fourth-order valence-corrected chi connectivity index (χ4v) is 2.62. The van der Waals surface area contributed by atoms with Crippen molar-refractivity contribution in [3.63, 3.8) is 0 Å². The summed E-state index contributed by atoms with van der Waals surface area (Å²) in [5.74, 6) is 2.00. The van der Waals surface area contributed by atoms with E-state index in [4.69, 9.17) is 14.2 Å². The van der Waals surface area contributed by atoms with Crippen LogP contribution in [0, 0.1) is 0 Å². The number of para-hydroxylation sites is 2. The summed E-state index contributed by atoms with van der Waals surface area (Å²) in [5.41, 5.74) is 1.56. The fraction of sp³-hybridized carbons (Fsp3) is 0.350. The average molecular weight is 341 g/mol. The van der Waals surface area contributed by atoms with Gasteiger partial charge in [0, 0.05) is 6.42 Å². The van der Waals surface area contributed by atoms with E-state index in [0.29, 0.717) is 30.4 Å². The van der Waals surface area contributed by atoms with Crippen LogP contribution in [0.25, 0.3) is 0 Å². The van der Waals surface area contributed by atoms with Crippen LogP contribution < -0.4 is 19.5 Å². The number of rotatable bonds is 5. The number of nitrogens with one attached hydrogen (secondary N) is 1. The number of carbonyl (C=O) groups is 1. The summed E-state index contributed by atoms with van der Waals surface area (Å²) in [6, 6.07) is 13.1. The zero-order chi connectivity index (χ0) is 17.6. The molecule has 1 amide bonds. The van der Waals surface area contributed by atoms with Gasteiger partial charge in [-0.15, -0.1) is 0 Å². The molecule has 0 aromatic heterocycles. The van der Waals surface area contributed by atoms with Gasteiger partial charge in [-0.1, -0.05) is 18.2 Å². The Labute approximate surface area is 147 Å². The van der Waals surface area contributed by atoms with Gasteiger partial charge in [0.1, 0.15) is 5.75 Å². The van der Waals surface area contributed by atoms with Gasteiger partial charge in [0.15, 0.2) is 11.5 Å². The van der Waals surface area contributed by atoms with Gasteiger partial charge in [-0.2, -0.15) is 0 Å². The van der Waals surface area contributed by atoms with Gasteiger partial charge in [-0.05, 0) is 43.7 Å². The first-order valence-corrected chi connectivity index (χ1v) is 8.56. The molecule has 0 spiro atoms. The normalized spacial score (nSPS) is 13.2. The summed E-state index contributed by atoms with van der Waals surface area (Å²) < 4.78 is 17.0. The number of anilines is 1. The molecule has 5 nitrogen and oxygen atoms in total. The largest absolute Gasteiger partial charge is 0.490 e. The Morgan fingerprint density at radius 3 is 2.68 bits per heavy atom. The maximum absolute atomic E-state index is 12.4. The standard InChI is InChI=1S/C20H23NO4/c1-14(2)25-17-7-4-3-6-16(17)21-20(22)13-15-8-9-18-19(12-15)24-11-5-10-23-18/h3-4,6-9,12,14H,5,10-11,13H2,1-2H3,(H,21,22). The van der Waals surface area contributed by atoms with Gasteiger partial charge in [0.25, 0.3) is 0 Å². The quantitative estimate of drug-likeness (QED) is 0.898. The molecule has 0 fully saturated rings. The Bertz CT molecular complexity index is 742. The average Bonchev–Trinajstić information content (AvgIpc) is 2.81. The van der Waals surface area contributed by atoms with Crippen molar-refractivity contribution in [2.45, 2.75) is 32.8 Å². The first-order chi connectivity index (χ1) is 12.1. The molecule has 0 atom stereocenters. The highest BCUT2D eigenvalue weighted by atomic mass is 16.5. The minimum absolute atomic E-state index is 0.0415. The van der Waals surface area contributed by atoms with Crippen LogP contribution in [-0.2, 0) is 11.2 Å². The van der Waals surface area contributed by atoms with Crippen LogP contribution in [0.4, 0.5) is 5.69 Å². The van der Waals surface area contributed by atoms with Gasteiger partial charge < -0.3 is 19.5 Å². The molecule has 0 saturated heterocycles. The van der Waals surface area contributed by atoms with Crippen molar-refractivity contribution in [1.82, 2.24) is 0 Å². The summed E-state index contributed by atoms with van der Waals surface area (Å²) in [6.45, 7) is 5.19. The van der Waals surface area contributed by atoms with Crippen LogP contribution in [0.15, 0.2) is 42.5 Å². The lowest BCUT2D eigenvalue weighted by atomic mass is 10.1. The summed E-state index contributed by atoms with van der Waals surface area (Å²) in [5, 5.41) is 2.92. The predicted octanol–water partition coefficient (Wildman–Crippen LogP) is 3.82. The van der Waals surface area contributed by atoms with Crippen molar-refractivity contribution in [1.29, 1.82) is 0 Å². The van der Waals surface area contributed by atoms with Crippen LogP contribution in [0.5, 0.6) is 17.2 Å². The molecule has 1 heterocycles. The molecular weight excluding hydrogens is 318 g/mol. The summed E-state index contributed by atoms with van der Waals surface area (Å²) in [4.78, 5) is 12.4. The van der Waals surface area contributed by atoms with E-state index in [0.717, 1.165) is 17.7 Å². The van der Waals surface area contributed by atoms with E-state index in [1.165, 1.54) is 0 Å². The number of carbonyl (C=O) groups excluding carboxylic acids is 1. The fourth-order valence-electron chi connectivity index (χ4n) is 2.62. The molecule has 25 heavy (non-hydrogen) atoms. The van der Waals surface area contributed by atoms with E-state index in [9.17, 15) is 4.79 Å². The highest BCUT2D eigenvalue weighted by molar-refractivity contribution is 5.93. The summed E-state index contributed by atoms with van der Waals surface area (Å²) in [7, 11) is 0. The van der Waals surface area contributed by atoms with E-state index in [1.807, 2.05) is 56.3 Å². The molecule has 132 valence electrons. The van der Waals surface area contributed by atoms with Crippen LogP contribution in [0.3, 0.4) is 0 Å². The molecule has 1 N–H and O–H groups in total. The second-order valence-corrected chi connectivity index (χ2v) is 6.22. The van der Waals surface area contributed by atoms with Crippen molar-refractivity contribution in [3.8, 4) is 17.2 Å². The van der Waals surface area contributed by atoms with Crippen molar-refractivity contribution in [2.75, 3.05) is 18.5 Å². The highest BCUT2D eigenvalue weighted by Gasteiger charge is 2.13. The molecule has 0 bridgehead atoms. The lowest BCUT2D eigenvalue weighted by Gasteiger charge is -2.15. The topological polar surface area (TPSA) is 56.8 Å². The lowest BCUT2D eigenvalue weighted by Crippen LogP contribution is -2.16. The van der Waals surface area contributed by atoms with Crippen LogP contribution in [0.1, 0.15) is 25.8 Å². The summed E-state index contributed by atoms with van der Waals surface area (Å²) in [6.07, 6.45) is 1.16. The minimum atomic E-state index is -0.103. The first kappa shape index (κ1) is 17.1. The lowest BCUT2D eigenvalue weighted by molar-refractivity contribution is -0.115. The number of ether oxygens (including phenoxy) is 3. The number of fused-ring (bicyclic) bond motifs is 1. The van der Waals surface area contributed by atoms with Gasteiger partial charge >= 0.3 is 0 Å². The van der Waals surface area contributed by atoms with E-state index < -0.39 is 0 Å². The number of benzene rings is 2. The molecule has 0 aliphatic carbocycles. The Morgan fingerprint density at radius 2 is 1.88 bits per heavy atom. The molecular formula is C20H23NO4. The Balaban J connectivity index is 1.68. The van der Waals surface area contributed by atoms with Crippen molar-refractivity contribution in [3.05, 3.63) is 48.0 Å². The van der Waals surface area contributed by atoms with Crippen molar-refractivity contribution >= 4 is 11.6 Å². The van der Waals surface area contributed by atoms with Crippen LogP contribution >= 0.6 is 0 Å². The zero-order valence-electron chi connectivity index (χ0n) is 14.6. The second-order valence-electron chi connectivity index (χ2n) is 6.22. The number of hydrogen-bond acceptors (Lipinski definition) is 4. The van der Waals surface area contributed by atoms with Gasteiger partial charge in [-0.25, -0.2) is 0 Å². The SMILES string of the molecule is CC(C)Oc1ccccc1NC(=O)Cc1ccc2c(c1)OCCCO2. The molecule has 2 aromatic carbocycles. The maximum atomic E-state index is 12.4. The first-order valence-electron chi connectivity index (χ1n) is 8.56.